The molecule has 1 amide bonds. The summed E-state index contributed by atoms with van der Waals surface area (Å²) in [7, 11) is 1.61. The van der Waals surface area contributed by atoms with Gasteiger partial charge in [-0.15, -0.1) is 0 Å². The molecule has 0 bridgehead atoms. The van der Waals surface area contributed by atoms with Crippen molar-refractivity contribution >= 4 is 5.91 Å². The van der Waals surface area contributed by atoms with Crippen molar-refractivity contribution in [2.24, 2.45) is 0 Å². The Labute approximate surface area is 150 Å². The number of hydrogen-bond acceptors (Lipinski definition) is 4. The van der Waals surface area contributed by atoms with Crippen molar-refractivity contribution in [3.8, 4) is 17.2 Å². The zero-order chi connectivity index (χ0) is 18.5. The van der Waals surface area contributed by atoms with E-state index < -0.39 is 0 Å². The largest absolute Gasteiger partial charge is 0.497 e. The number of nitrogens with zero attached hydrogens (tertiary/aromatic N) is 1. The second-order valence-corrected chi connectivity index (χ2v) is 5.83. The Kier molecular flexibility index (Phi) is 5.31. The van der Waals surface area contributed by atoms with Crippen LogP contribution in [0.5, 0.6) is 5.75 Å². The number of carbonyl (C=O) groups excluding carboxylic acids is 1. The number of oxazole rings is 1. The number of carbonyl (C=O) groups is 1. The summed E-state index contributed by atoms with van der Waals surface area (Å²) >= 11 is 0. The van der Waals surface area contributed by atoms with Gasteiger partial charge >= 0.3 is 0 Å². The molecule has 0 unspecified atom stereocenters. The molecular formula is C20H19FN2O3. The third-order valence-corrected chi connectivity index (χ3v) is 3.96. The third-order valence-electron chi connectivity index (χ3n) is 3.96. The molecule has 0 spiro atoms. The van der Waals surface area contributed by atoms with Crippen molar-refractivity contribution in [3.05, 3.63) is 71.4 Å². The van der Waals surface area contributed by atoms with Crippen LogP contribution in [0.25, 0.3) is 11.5 Å². The molecule has 3 aromatic rings. The molecule has 0 aliphatic carbocycles. The fourth-order valence-electron chi connectivity index (χ4n) is 2.47. The third kappa shape index (κ3) is 4.27. The van der Waals surface area contributed by atoms with E-state index in [0.29, 0.717) is 29.5 Å². The highest BCUT2D eigenvalue weighted by atomic mass is 19.1. The molecule has 1 N–H and O–H groups in total. The molecular weight excluding hydrogens is 335 g/mol. The molecule has 0 fully saturated rings. The number of methoxy groups -OCH3 is 1. The van der Waals surface area contributed by atoms with Crippen LogP contribution in [-0.2, 0) is 17.8 Å². The lowest BCUT2D eigenvalue weighted by Gasteiger charge is -2.05. The van der Waals surface area contributed by atoms with Crippen LogP contribution in [-0.4, -0.2) is 18.0 Å². The fraction of sp³-hybridized carbons (Fsp3) is 0.200. The van der Waals surface area contributed by atoms with E-state index in [9.17, 15) is 9.18 Å². The Morgan fingerprint density at radius 1 is 1.15 bits per heavy atom. The summed E-state index contributed by atoms with van der Waals surface area (Å²) in [6, 6.07) is 13.4. The van der Waals surface area contributed by atoms with Gasteiger partial charge in [0.05, 0.1) is 19.2 Å². The average molecular weight is 354 g/mol. The fourth-order valence-corrected chi connectivity index (χ4v) is 2.47. The Balaban J connectivity index is 1.61. The Bertz CT molecular complexity index is 886. The number of benzene rings is 2. The molecule has 134 valence electrons. The van der Waals surface area contributed by atoms with Crippen molar-refractivity contribution in [1.29, 1.82) is 0 Å². The molecule has 0 saturated carbocycles. The first-order valence-corrected chi connectivity index (χ1v) is 8.17. The maximum Gasteiger partial charge on any atom is 0.226 e. The lowest BCUT2D eigenvalue weighted by Crippen LogP contribution is -2.24. The predicted molar refractivity (Wildman–Crippen MR) is 95.2 cm³/mol. The summed E-state index contributed by atoms with van der Waals surface area (Å²) in [5.74, 6) is 1.24. The maximum absolute atomic E-state index is 13.0. The molecule has 0 aliphatic rings. The first-order valence-electron chi connectivity index (χ1n) is 8.17. The monoisotopic (exact) mass is 354 g/mol. The smallest absolute Gasteiger partial charge is 0.226 e. The lowest BCUT2D eigenvalue weighted by molar-refractivity contribution is -0.120. The number of aryl methyl sites for hydroxylation is 1. The quantitative estimate of drug-likeness (QED) is 0.734. The number of amides is 1. The number of ether oxygens (including phenoxy) is 1. The summed E-state index contributed by atoms with van der Waals surface area (Å²) in [6.07, 6.45) is 0.118. The van der Waals surface area contributed by atoms with Gasteiger partial charge in [0, 0.05) is 12.1 Å². The van der Waals surface area contributed by atoms with Gasteiger partial charge in [-0.3, -0.25) is 4.79 Å². The van der Waals surface area contributed by atoms with Crippen LogP contribution in [0.15, 0.2) is 52.9 Å². The molecule has 0 aliphatic heterocycles. The van der Waals surface area contributed by atoms with Gasteiger partial charge in [0.15, 0.2) is 0 Å². The van der Waals surface area contributed by atoms with Crippen molar-refractivity contribution < 1.29 is 18.3 Å². The lowest BCUT2D eigenvalue weighted by atomic mass is 10.2. The second-order valence-electron chi connectivity index (χ2n) is 5.83. The van der Waals surface area contributed by atoms with Gasteiger partial charge in [-0.05, 0) is 48.9 Å². The van der Waals surface area contributed by atoms with Crippen LogP contribution in [0.1, 0.15) is 17.0 Å². The van der Waals surface area contributed by atoms with E-state index in [1.54, 1.807) is 26.2 Å². The molecule has 2 aromatic carbocycles. The Hall–Kier alpha value is -3.15. The van der Waals surface area contributed by atoms with E-state index in [2.05, 4.69) is 10.3 Å². The standard InChI is InChI=1S/C20H19FN2O3/c1-13-18(23-20(26-13)15-5-7-16(21)8-6-15)11-19(24)22-12-14-3-9-17(25-2)10-4-14/h3-10H,11-12H2,1-2H3,(H,22,24). The molecule has 0 radical (unpaired) electrons. The van der Waals surface area contributed by atoms with E-state index in [1.807, 2.05) is 24.3 Å². The van der Waals surface area contributed by atoms with Crippen LogP contribution in [0.2, 0.25) is 0 Å². The van der Waals surface area contributed by atoms with Gasteiger partial charge < -0.3 is 14.5 Å². The number of nitrogens with one attached hydrogen (secondary N) is 1. The first kappa shape index (κ1) is 17.7. The second kappa shape index (κ2) is 7.82. The van der Waals surface area contributed by atoms with E-state index >= 15 is 0 Å². The number of aromatic nitrogens is 1. The Morgan fingerprint density at radius 3 is 2.50 bits per heavy atom. The van der Waals surface area contributed by atoms with Crippen molar-refractivity contribution in [3.63, 3.8) is 0 Å². The number of hydrogen-bond donors (Lipinski definition) is 1. The molecule has 0 atom stereocenters. The van der Waals surface area contributed by atoms with Crippen LogP contribution in [0.4, 0.5) is 4.39 Å². The highest BCUT2D eigenvalue weighted by Crippen LogP contribution is 2.22. The highest BCUT2D eigenvalue weighted by Gasteiger charge is 2.14. The van der Waals surface area contributed by atoms with Gasteiger partial charge in [0.1, 0.15) is 17.3 Å². The molecule has 0 saturated heterocycles. The van der Waals surface area contributed by atoms with E-state index in [-0.39, 0.29) is 18.1 Å². The average Bonchev–Trinajstić information content (AvgIpc) is 3.01. The number of halogens is 1. The summed E-state index contributed by atoms with van der Waals surface area (Å²) < 4.78 is 23.7. The van der Waals surface area contributed by atoms with Crippen molar-refractivity contribution in [2.45, 2.75) is 19.9 Å². The summed E-state index contributed by atoms with van der Waals surface area (Å²) in [6.45, 7) is 2.18. The van der Waals surface area contributed by atoms with Crippen molar-refractivity contribution in [1.82, 2.24) is 10.3 Å². The van der Waals surface area contributed by atoms with Gasteiger partial charge in [-0.1, -0.05) is 12.1 Å². The molecule has 6 heteroatoms. The Morgan fingerprint density at radius 2 is 1.85 bits per heavy atom. The van der Waals surface area contributed by atoms with Gasteiger partial charge in [-0.25, -0.2) is 9.37 Å². The van der Waals surface area contributed by atoms with Crippen molar-refractivity contribution in [2.75, 3.05) is 7.11 Å². The molecule has 26 heavy (non-hydrogen) atoms. The van der Waals surface area contributed by atoms with E-state index in [1.165, 1.54) is 12.1 Å². The first-order chi connectivity index (χ1) is 12.5. The maximum atomic E-state index is 13.0. The molecule has 3 rings (SSSR count). The van der Waals surface area contributed by atoms with Gasteiger partial charge in [0.25, 0.3) is 0 Å². The van der Waals surface area contributed by atoms with Gasteiger partial charge in [0.2, 0.25) is 11.8 Å². The normalized spacial score (nSPS) is 10.6. The van der Waals surface area contributed by atoms with E-state index in [4.69, 9.17) is 9.15 Å². The topological polar surface area (TPSA) is 64.4 Å². The zero-order valence-corrected chi connectivity index (χ0v) is 14.6. The van der Waals surface area contributed by atoms with Gasteiger partial charge in [-0.2, -0.15) is 0 Å². The van der Waals surface area contributed by atoms with Crippen LogP contribution in [0, 0.1) is 12.7 Å². The van der Waals surface area contributed by atoms with Crippen LogP contribution < -0.4 is 10.1 Å². The number of rotatable bonds is 6. The molecule has 5 nitrogen and oxygen atoms in total. The minimum absolute atomic E-state index is 0.118. The van der Waals surface area contributed by atoms with E-state index in [0.717, 1.165) is 11.3 Å². The zero-order valence-electron chi connectivity index (χ0n) is 14.6. The minimum Gasteiger partial charge on any atom is -0.497 e. The van der Waals surface area contributed by atoms with Crippen LogP contribution >= 0.6 is 0 Å². The summed E-state index contributed by atoms with van der Waals surface area (Å²) in [5.41, 5.74) is 2.21. The molecule has 1 heterocycles. The summed E-state index contributed by atoms with van der Waals surface area (Å²) in [5, 5.41) is 2.86. The highest BCUT2D eigenvalue weighted by molar-refractivity contribution is 5.78. The summed E-state index contributed by atoms with van der Waals surface area (Å²) in [4.78, 5) is 16.5. The SMILES string of the molecule is COc1ccc(CNC(=O)Cc2nc(-c3ccc(F)cc3)oc2C)cc1. The predicted octanol–water partition coefficient (Wildman–Crippen LogP) is 3.66. The molecule has 1 aromatic heterocycles. The van der Waals surface area contributed by atoms with Crippen LogP contribution in [0.3, 0.4) is 0 Å². The minimum atomic E-state index is -0.324.